The maximum Gasteiger partial charge on any atom is 0.396 e. The first-order valence-electron chi connectivity index (χ1n) is 5.19. The van der Waals surface area contributed by atoms with E-state index in [1.807, 2.05) is 0 Å². The second-order valence-corrected chi connectivity index (χ2v) is 3.76. The van der Waals surface area contributed by atoms with E-state index in [1.165, 1.54) is 18.9 Å². The number of amides is 2. The molecule has 0 saturated carbocycles. The number of rotatable bonds is 1. The molecule has 0 unspecified atom stereocenters. The van der Waals surface area contributed by atoms with Gasteiger partial charge >= 0.3 is 11.9 Å². The van der Waals surface area contributed by atoms with Crippen LogP contribution in [0.5, 0.6) is 0 Å². The van der Waals surface area contributed by atoms with Gasteiger partial charge in [0.05, 0.1) is 7.11 Å². The van der Waals surface area contributed by atoms with Crippen LogP contribution in [0.2, 0.25) is 0 Å². The van der Waals surface area contributed by atoms with Gasteiger partial charge in [-0.3, -0.25) is 9.59 Å². The van der Waals surface area contributed by atoms with Crippen LogP contribution in [0.1, 0.15) is 19.8 Å². The highest BCUT2D eigenvalue weighted by molar-refractivity contribution is 6.32. The zero-order chi connectivity index (χ0) is 12.1. The molecule has 16 heavy (non-hydrogen) atoms. The van der Waals surface area contributed by atoms with Crippen LogP contribution in [0.4, 0.5) is 0 Å². The molecule has 6 nitrogen and oxygen atoms in total. The Balaban J connectivity index is 2.40. The standard InChI is InChI=1S/C10H16N2O4/c1-7(13)11-8-3-5-12(6-4-8)9(14)10(15)16-2/h8H,3-6H2,1-2H3,(H,11,13). The monoisotopic (exact) mass is 228 g/mol. The average molecular weight is 228 g/mol. The van der Waals surface area contributed by atoms with Crippen molar-refractivity contribution in [2.75, 3.05) is 20.2 Å². The van der Waals surface area contributed by atoms with Gasteiger partial charge in [-0.2, -0.15) is 0 Å². The van der Waals surface area contributed by atoms with Crippen LogP contribution in [0.25, 0.3) is 0 Å². The molecule has 90 valence electrons. The number of nitrogens with zero attached hydrogens (tertiary/aromatic N) is 1. The molecule has 1 rings (SSSR count). The Bertz CT molecular complexity index is 295. The van der Waals surface area contributed by atoms with Crippen molar-refractivity contribution < 1.29 is 19.1 Å². The zero-order valence-corrected chi connectivity index (χ0v) is 9.49. The van der Waals surface area contributed by atoms with Gasteiger partial charge in [0.25, 0.3) is 0 Å². The summed E-state index contributed by atoms with van der Waals surface area (Å²) in [5, 5.41) is 2.79. The summed E-state index contributed by atoms with van der Waals surface area (Å²) in [7, 11) is 1.18. The number of esters is 1. The van der Waals surface area contributed by atoms with Crippen LogP contribution in [-0.2, 0) is 19.1 Å². The predicted molar refractivity (Wildman–Crippen MR) is 55.4 cm³/mol. The Hall–Kier alpha value is -1.59. The number of nitrogens with one attached hydrogen (secondary N) is 1. The highest BCUT2D eigenvalue weighted by atomic mass is 16.5. The van der Waals surface area contributed by atoms with Crippen LogP contribution in [0, 0.1) is 0 Å². The quantitative estimate of drug-likeness (QED) is 0.475. The molecule has 0 aliphatic carbocycles. The summed E-state index contributed by atoms with van der Waals surface area (Å²) in [6.45, 7) is 2.41. The molecule has 1 aliphatic rings. The molecule has 1 aliphatic heterocycles. The summed E-state index contributed by atoms with van der Waals surface area (Å²) in [6.07, 6.45) is 1.34. The lowest BCUT2D eigenvalue weighted by molar-refractivity contribution is -0.158. The topological polar surface area (TPSA) is 75.7 Å². The van der Waals surface area contributed by atoms with E-state index in [2.05, 4.69) is 10.1 Å². The normalized spacial score (nSPS) is 16.8. The molecule has 0 atom stereocenters. The van der Waals surface area contributed by atoms with Gasteiger partial charge in [0.2, 0.25) is 5.91 Å². The number of hydrogen-bond acceptors (Lipinski definition) is 4. The van der Waals surface area contributed by atoms with Gasteiger partial charge in [0.15, 0.2) is 0 Å². The van der Waals surface area contributed by atoms with E-state index >= 15 is 0 Å². The van der Waals surface area contributed by atoms with E-state index in [9.17, 15) is 14.4 Å². The van der Waals surface area contributed by atoms with Crippen molar-refractivity contribution in [3.63, 3.8) is 0 Å². The molecule has 1 fully saturated rings. The summed E-state index contributed by atoms with van der Waals surface area (Å²) in [6, 6.07) is 0.0965. The molecular weight excluding hydrogens is 212 g/mol. The Labute approximate surface area is 93.9 Å². The number of hydrogen-bond donors (Lipinski definition) is 1. The van der Waals surface area contributed by atoms with Crippen molar-refractivity contribution in [2.45, 2.75) is 25.8 Å². The molecule has 0 aromatic carbocycles. The summed E-state index contributed by atoms with van der Waals surface area (Å²) >= 11 is 0. The molecule has 0 radical (unpaired) electrons. The zero-order valence-electron chi connectivity index (χ0n) is 9.49. The van der Waals surface area contributed by atoms with Crippen LogP contribution in [-0.4, -0.2) is 48.9 Å². The molecule has 0 aromatic heterocycles. The lowest BCUT2D eigenvalue weighted by Crippen LogP contribution is -2.48. The van der Waals surface area contributed by atoms with Gasteiger partial charge in [0.1, 0.15) is 0 Å². The first-order valence-corrected chi connectivity index (χ1v) is 5.19. The minimum Gasteiger partial charge on any atom is -0.462 e. The van der Waals surface area contributed by atoms with Crippen molar-refractivity contribution >= 4 is 17.8 Å². The molecule has 2 amide bonds. The number of ether oxygens (including phenoxy) is 1. The van der Waals surface area contributed by atoms with Gasteiger partial charge < -0.3 is 15.0 Å². The minimum absolute atomic E-state index is 0.0715. The molecule has 0 bridgehead atoms. The molecule has 1 N–H and O–H groups in total. The van der Waals surface area contributed by atoms with Crippen LogP contribution in [0.3, 0.4) is 0 Å². The van der Waals surface area contributed by atoms with Crippen molar-refractivity contribution in [1.82, 2.24) is 10.2 Å². The van der Waals surface area contributed by atoms with Crippen molar-refractivity contribution in [2.24, 2.45) is 0 Å². The van der Waals surface area contributed by atoms with Crippen LogP contribution >= 0.6 is 0 Å². The largest absolute Gasteiger partial charge is 0.462 e. The third-order valence-electron chi connectivity index (χ3n) is 2.55. The first kappa shape index (κ1) is 12.5. The lowest BCUT2D eigenvalue weighted by Gasteiger charge is -2.31. The lowest BCUT2D eigenvalue weighted by atomic mass is 10.1. The van der Waals surface area contributed by atoms with E-state index in [4.69, 9.17) is 0 Å². The van der Waals surface area contributed by atoms with Gasteiger partial charge in [0, 0.05) is 26.1 Å². The predicted octanol–water partition coefficient (Wildman–Crippen LogP) is -0.713. The molecule has 1 saturated heterocycles. The van der Waals surface area contributed by atoms with Gasteiger partial charge in [-0.05, 0) is 12.8 Å². The van der Waals surface area contributed by atoms with E-state index in [-0.39, 0.29) is 11.9 Å². The highest BCUT2D eigenvalue weighted by Crippen LogP contribution is 2.10. The fourth-order valence-corrected chi connectivity index (χ4v) is 1.73. The van der Waals surface area contributed by atoms with Crippen molar-refractivity contribution in [3.05, 3.63) is 0 Å². The van der Waals surface area contributed by atoms with Crippen LogP contribution < -0.4 is 5.32 Å². The molecule has 0 spiro atoms. The van der Waals surface area contributed by atoms with E-state index in [0.29, 0.717) is 25.9 Å². The van der Waals surface area contributed by atoms with E-state index in [1.54, 1.807) is 0 Å². The van der Waals surface area contributed by atoms with E-state index < -0.39 is 11.9 Å². The maximum absolute atomic E-state index is 11.4. The van der Waals surface area contributed by atoms with Crippen molar-refractivity contribution in [3.8, 4) is 0 Å². The average Bonchev–Trinajstić information content (AvgIpc) is 2.27. The van der Waals surface area contributed by atoms with Gasteiger partial charge in [-0.25, -0.2) is 4.79 Å². The van der Waals surface area contributed by atoms with Crippen molar-refractivity contribution in [1.29, 1.82) is 0 Å². The Kier molecular flexibility index (Phi) is 4.28. The summed E-state index contributed by atoms with van der Waals surface area (Å²) in [4.78, 5) is 34.7. The first-order chi connectivity index (χ1) is 7.54. The third kappa shape index (κ3) is 3.22. The van der Waals surface area contributed by atoms with Gasteiger partial charge in [-0.1, -0.05) is 0 Å². The molecular formula is C10H16N2O4. The Morgan fingerprint density at radius 1 is 1.25 bits per heavy atom. The fourth-order valence-electron chi connectivity index (χ4n) is 1.73. The number of carbonyl (C=O) groups excluding carboxylic acids is 3. The highest BCUT2D eigenvalue weighted by Gasteiger charge is 2.27. The summed E-state index contributed by atoms with van der Waals surface area (Å²) < 4.78 is 4.36. The number of methoxy groups -OCH3 is 1. The second kappa shape index (κ2) is 5.48. The number of carbonyl (C=O) groups is 3. The summed E-state index contributed by atoms with van der Waals surface area (Å²) in [5.74, 6) is -1.51. The minimum atomic E-state index is -0.835. The summed E-state index contributed by atoms with van der Waals surface area (Å²) in [5.41, 5.74) is 0. The number of likely N-dealkylation sites (tertiary alicyclic amines) is 1. The van der Waals surface area contributed by atoms with Crippen LogP contribution in [0.15, 0.2) is 0 Å². The maximum atomic E-state index is 11.4. The SMILES string of the molecule is COC(=O)C(=O)N1CCC(NC(C)=O)CC1. The van der Waals surface area contributed by atoms with Gasteiger partial charge in [-0.15, -0.1) is 0 Å². The molecule has 6 heteroatoms. The smallest absolute Gasteiger partial charge is 0.396 e. The fraction of sp³-hybridized carbons (Fsp3) is 0.700. The number of piperidine rings is 1. The second-order valence-electron chi connectivity index (χ2n) is 3.76. The van der Waals surface area contributed by atoms with E-state index in [0.717, 1.165) is 0 Å². The third-order valence-corrected chi connectivity index (χ3v) is 2.55. The molecule has 1 heterocycles. The molecule has 0 aromatic rings. The Morgan fingerprint density at radius 2 is 1.81 bits per heavy atom. The Morgan fingerprint density at radius 3 is 2.25 bits per heavy atom.